The molecule has 430 valence electrons. The number of hydrogen-bond donors (Lipinski definition) is 6. The minimum atomic E-state index is -1.02. The highest BCUT2D eigenvalue weighted by Crippen LogP contribution is 2.34. The number of nitrogen functional groups attached to an aromatic ring is 1. The molecular weight excluding hydrogens is 1060 g/mol. The van der Waals surface area contributed by atoms with E-state index in [-0.39, 0.29) is 48.8 Å². The van der Waals surface area contributed by atoms with E-state index in [4.69, 9.17) is 43.6 Å². The number of rotatable bonds is 35. The summed E-state index contributed by atoms with van der Waals surface area (Å²) < 4.78 is 47.8. The number of nitrogens with one attached hydrogen (secondary N) is 5. The normalized spacial score (nSPS) is 14.8. The number of nitrogens with zero attached hydrogens (tertiary/aromatic N) is 2. The van der Waals surface area contributed by atoms with Gasteiger partial charge in [-0.05, 0) is 96.1 Å². The number of hydrogen-bond acceptors (Lipinski definition) is 19. The number of nitrogens with two attached hydrogens (primary N) is 1. The van der Waals surface area contributed by atoms with Crippen LogP contribution in [-0.4, -0.2) is 170 Å². The zero-order chi connectivity index (χ0) is 56.6. The van der Waals surface area contributed by atoms with Gasteiger partial charge in [0, 0.05) is 64.4 Å². The Hall–Kier alpha value is -7.32. The lowest BCUT2D eigenvalue weighted by atomic mass is 9.94. The lowest BCUT2D eigenvalue weighted by molar-refractivity contribution is -0.136. The van der Waals surface area contributed by atoms with E-state index in [9.17, 15) is 28.8 Å². The number of aromatic nitrogens is 1. The summed E-state index contributed by atoms with van der Waals surface area (Å²) in [4.78, 5) is 81.4. The second-order valence-electron chi connectivity index (χ2n) is 18.6. The molecule has 8 rings (SSSR count). The number of piperidine rings is 1. The fraction of sp³-hybridized carbons (Fsp3) is 0.397. The number of ether oxygens (including phenoxy) is 8. The molecule has 0 spiro atoms. The summed E-state index contributed by atoms with van der Waals surface area (Å²) >= 11 is 1.46. The van der Waals surface area contributed by atoms with Gasteiger partial charge in [0.05, 0.1) is 123 Å². The highest BCUT2D eigenvalue weighted by molar-refractivity contribution is 8.00. The molecule has 0 radical (unpaired) electrons. The molecular formula is C58H68N8O14S. The van der Waals surface area contributed by atoms with E-state index in [2.05, 4.69) is 31.0 Å². The monoisotopic (exact) mass is 1130 g/mol. The number of carbonyl (C=O) groups excluding carboxylic acids is 6. The lowest BCUT2D eigenvalue weighted by Gasteiger charge is -2.27. The second-order valence-corrected chi connectivity index (χ2v) is 19.5. The molecule has 1 unspecified atom stereocenters. The van der Waals surface area contributed by atoms with E-state index in [0.717, 1.165) is 49.7 Å². The van der Waals surface area contributed by atoms with Gasteiger partial charge in [0.25, 0.3) is 17.7 Å². The Morgan fingerprint density at radius 3 is 1.88 bits per heavy atom. The zero-order valence-corrected chi connectivity index (χ0v) is 45.8. The molecule has 3 aliphatic rings. The molecule has 5 aromatic rings. The molecule has 3 aliphatic heterocycles. The van der Waals surface area contributed by atoms with E-state index >= 15 is 0 Å². The van der Waals surface area contributed by atoms with Crippen molar-refractivity contribution < 1.29 is 66.7 Å². The highest BCUT2D eigenvalue weighted by atomic mass is 32.2. The molecule has 22 nitrogen and oxygen atoms in total. The molecule has 1 fully saturated rings. The third-order valence-corrected chi connectivity index (χ3v) is 13.8. The van der Waals surface area contributed by atoms with Crippen LogP contribution in [0.5, 0.6) is 0 Å². The van der Waals surface area contributed by atoms with Crippen LogP contribution < -0.4 is 31.7 Å². The molecule has 4 heterocycles. The third-order valence-electron chi connectivity index (χ3n) is 13.0. The fourth-order valence-corrected chi connectivity index (χ4v) is 9.54. The topological polar surface area (TPSA) is 279 Å². The van der Waals surface area contributed by atoms with Gasteiger partial charge in [0.15, 0.2) is 0 Å². The minimum Gasteiger partial charge on any atom is -0.383 e. The highest BCUT2D eigenvalue weighted by Gasteiger charge is 2.45. The molecule has 4 aromatic carbocycles. The van der Waals surface area contributed by atoms with E-state index in [1.54, 1.807) is 24.4 Å². The Kier molecular flexibility index (Phi) is 23.3. The zero-order valence-electron chi connectivity index (χ0n) is 45.0. The SMILES string of the molecule is Nc1ncc(-c2ccc(SNc3cccc(NC(=O)CCOCCOCCOCCOCCOCCOCCOCCOCCNc4cccc5c4C(=O)N(C4CCC(=O)NC4=O)C5=O)c3)cc2)cc1-c1ccc2c(c1)CCNC2=O. The summed E-state index contributed by atoms with van der Waals surface area (Å²) in [6, 6.07) is 27.3. The van der Waals surface area contributed by atoms with Crippen LogP contribution in [0.2, 0.25) is 0 Å². The number of benzene rings is 4. The molecule has 1 saturated heterocycles. The predicted molar refractivity (Wildman–Crippen MR) is 303 cm³/mol. The largest absolute Gasteiger partial charge is 0.383 e. The molecule has 0 aliphatic carbocycles. The van der Waals surface area contributed by atoms with Crippen molar-refractivity contribution in [3.8, 4) is 22.3 Å². The molecule has 0 bridgehead atoms. The standard InChI is InChI=1S/C58H68N8O14S/c59-54-48(40-9-12-46-41(35-40)15-17-61-55(46)69)36-42(38-62-54)39-7-10-45(11-8-39)81-65-44-4-1-3-43(37-44)63-52(68)16-19-73-21-23-75-25-27-77-29-31-79-33-34-80-32-30-78-28-26-76-24-22-74-20-18-60-49-6-2-5-47-53(49)58(72)66(57(47)71)50-13-14-51(67)64-56(50)70/h1-12,35-38,50,60,65H,13-34H2,(H2,59,62)(H,61,69)(H,63,68)(H,64,67,70). The van der Waals surface area contributed by atoms with Gasteiger partial charge in [-0.25, -0.2) is 4.98 Å². The van der Waals surface area contributed by atoms with Gasteiger partial charge in [0.1, 0.15) is 11.9 Å². The van der Waals surface area contributed by atoms with Crippen molar-refractivity contribution in [3.63, 3.8) is 0 Å². The van der Waals surface area contributed by atoms with Gasteiger partial charge in [-0.1, -0.05) is 36.4 Å². The molecule has 81 heavy (non-hydrogen) atoms. The summed E-state index contributed by atoms with van der Waals surface area (Å²) in [7, 11) is 0. The van der Waals surface area contributed by atoms with Gasteiger partial charge in [-0.2, -0.15) is 0 Å². The van der Waals surface area contributed by atoms with Crippen molar-refractivity contribution >= 4 is 70.3 Å². The van der Waals surface area contributed by atoms with Crippen LogP contribution in [0.3, 0.4) is 0 Å². The summed E-state index contributed by atoms with van der Waals surface area (Å²) in [5, 5.41) is 11.1. The molecule has 1 atom stereocenters. The van der Waals surface area contributed by atoms with E-state index in [1.165, 1.54) is 11.9 Å². The van der Waals surface area contributed by atoms with Crippen LogP contribution in [0.4, 0.5) is 22.9 Å². The van der Waals surface area contributed by atoms with Crippen molar-refractivity contribution in [2.24, 2.45) is 0 Å². The van der Waals surface area contributed by atoms with Crippen LogP contribution >= 0.6 is 11.9 Å². The minimum absolute atomic E-state index is 0.0525. The summed E-state index contributed by atoms with van der Waals surface area (Å²) in [5.41, 5.74) is 14.1. The average molecular weight is 1130 g/mol. The van der Waals surface area contributed by atoms with E-state index in [0.29, 0.717) is 135 Å². The number of carbonyl (C=O) groups is 6. The van der Waals surface area contributed by atoms with Gasteiger partial charge < -0.3 is 64.3 Å². The summed E-state index contributed by atoms with van der Waals surface area (Å²) in [6.45, 7) is 7.22. The smallest absolute Gasteiger partial charge is 0.264 e. The Morgan fingerprint density at radius 2 is 1.22 bits per heavy atom. The van der Waals surface area contributed by atoms with Crippen molar-refractivity contribution in [1.29, 1.82) is 0 Å². The summed E-state index contributed by atoms with van der Waals surface area (Å²) in [5.74, 6) is -1.98. The fourth-order valence-electron chi connectivity index (χ4n) is 8.90. The first-order valence-electron chi connectivity index (χ1n) is 26.9. The number of imide groups is 2. The molecule has 7 N–H and O–H groups in total. The first kappa shape index (κ1) is 59.8. The maximum Gasteiger partial charge on any atom is 0.264 e. The lowest BCUT2D eigenvalue weighted by Crippen LogP contribution is -2.54. The van der Waals surface area contributed by atoms with E-state index < -0.39 is 29.7 Å². The summed E-state index contributed by atoms with van der Waals surface area (Å²) in [6.07, 6.45) is 2.88. The molecule has 0 saturated carbocycles. The predicted octanol–water partition coefficient (Wildman–Crippen LogP) is 5.38. The average Bonchev–Trinajstić information content (AvgIpc) is 3.76. The van der Waals surface area contributed by atoms with Gasteiger partial charge in [-0.15, -0.1) is 0 Å². The van der Waals surface area contributed by atoms with Crippen LogP contribution in [0, 0.1) is 0 Å². The third kappa shape index (κ3) is 17.8. The second kappa shape index (κ2) is 31.6. The van der Waals surface area contributed by atoms with Crippen LogP contribution in [0.15, 0.2) is 102 Å². The van der Waals surface area contributed by atoms with Crippen LogP contribution in [0.25, 0.3) is 22.3 Å². The number of amides is 6. The quantitative estimate of drug-likeness (QED) is 0.0169. The van der Waals surface area contributed by atoms with Crippen LogP contribution in [-0.2, 0) is 58.7 Å². The Labute approximate surface area is 473 Å². The Morgan fingerprint density at radius 1 is 0.617 bits per heavy atom. The first-order chi connectivity index (χ1) is 39.6. The van der Waals surface area contributed by atoms with Crippen molar-refractivity contribution in [1.82, 2.24) is 20.5 Å². The van der Waals surface area contributed by atoms with E-state index in [1.807, 2.05) is 72.8 Å². The van der Waals surface area contributed by atoms with Crippen LogP contribution in [0.1, 0.15) is 55.9 Å². The number of anilines is 4. The van der Waals surface area contributed by atoms with Gasteiger partial charge in [0.2, 0.25) is 17.7 Å². The maximum absolute atomic E-state index is 13.2. The van der Waals surface area contributed by atoms with Crippen molar-refractivity contribution in [2.45, 2.75) is 36.6 Å². The van der Waals surface area contributed by atoms with Crippen molar-refractivity contribution in [2.75, 3.05) is 140 Å². The molecule has 23 heteroatoms. The molecule has 6 amide bonds. The maximum atomic E-state index is 13.2. The number of fused-ring (bicyclic) bond motifs is 2. The van der Waals surface area contributed by atoms with Gasteiger partial charge in [-0.3, -0.25) is 39.0 Å². The van der Waals surface area contributed by atoms with Crippen molar-refractivity contribution in [3.05, 3.63) is 119 Å². The van der Waals surface area contributed by atoms with Gasteiger partial charge >= 0.3 is 0 Å². The first-order valence-corrected chi connectivity index (χ1v) is 27.7. The Bertz CT molecular complexity index is 2950. The number of pyridine rings is 1. The Balaban J connectivity index is 0.559. The molecule has 1 aromatic heterocycles.